The molecule has 0 saturated heterocycles. The van der Waals surface area contributed by atoms with E-state index >= 15 is 0 Å². The summed E-state index contributed by atoms with van der Waals surface area (Å²) in [5, 5.41) is 0. The van der Waals surface area contributed by atoms with Crippen LogP contribution in [0.1, 0.15) is 12.0 Å². The van der Waals surface area contributed by atoms with Gasteiger partial charge in [0.25, 0.3) is 5.56 Å². The number of nitrogens with one attached hydrogen (secondary N) is 1. The third kappa shape index (κ3) is 1.53. The number of rotatable bonds is 3. The summed E-state index contributed by atoms with van der Waals surface area (Å²) >= 11 is 0. The molecule has 0 radical (unpaired) electrons. The second-order valence-electron chi connectivity index (χ2n) is 3.56. The van der Waals surface area contributed by atoms with E-state index in [0.717, 1.165) is 37.2 Å². The average molecular weight is 193 g/mol. The van der Waals surface area contributed by atoms with E-state index < -0.39 is 0 Å². The van der Waals surface area contributed by atoms with Crippen LogP contribution >= 0.6 is 0 Å². The molecule has 0 unspecified atom stereocenters. The molecule has 0 saturated carbocycles. The Hall–Kier alpha value is -1.29. The fourth-order valence-corrected chi connectivity index (χ4v) is 1.93. The minimum absolute atomic E-state index is 0.0250. The summed E-state index contributed by atoms with van der Waals surface area (Å²) in [7, 11) is 0. The zero-order chi connectivity index (χ0) is 9.97. The quantitative estimate of drug-likeness (QED) is 0.715. The summed E-state index contributed by atoms with van der Waals surface area (Å²) in [5.41, 5.74) is 7.48. The summed E-state index contributed by atoms with van der Waals surface area (Å²) in [5.74, 6) is 0. The van der Waals surface area contributed by atoms with Crippen LogP contribution in [0.15, 0.2) is 17.1 Å². The monoisotopic (exact) mass is 193 g/mol. The van der Waals surface area contributed by atoms with Crippen LogP contribution < -0.4 is 16.2 Å². The molecule has 0 amide bonds. The van der Waals surface area contributed by atoms with Crippen molar-refractivity contribution in [3.63, 3.8) is 0 Å². The van der Waals surface area contributed by atoms with Crippen molar-refractivity contribution in [3.05, 3.63) is 28.2 Å². The lowest BCUT2D eigenvalue weighted by Crippen LogP contribution is -2.28. The Labute approximate surface area is 82.7 Å². The molecule has 4 nitrogen and oxygen atoms in total. The van der Waals surface area contributed by atoms with Crippen molar-refractivity contribution in [1.82, 2.24) is 4.98 Å². The molecule has 0 fully saturated rings. The molecule has 1 aliphatic rings. The second-order valence-corrected chi connectivity index (χ2v) is 3.56. The van der Waals surface area contributed by atoms with Crippen LogP contribution in [0, 0.1) is 0 Å². The fraction of sp³-hybridized carbons (Fsp3) is 0.500. The highest BCUT2D eigenvalue weighted by Gasteiger charge is 2.20. The normalized spacial score (nSPS) is 14.5. The highest BCUT2D eigenvalue weighted by atomic mass is 16.1. The van der Waals surface area contributed by atoms with E-state index in [2.05, 4.69) is 9.88 Å². The number of pyridine rings is 1. The van der Waals surface area contributed by atoms with Crippen molar-refractivity contribution in [2.24, 2.45) is 5.73 Å². The van der Waals surface area contributed by atoms with Gasteiger partial charge in [-0.3, -0.25) is 4.79 Å². The van der Waals surface area contributed by atoms with Gasteiger partial charge in [0, 0.05) is 19.3 Å². The second kappa shape index (κ2) is 3.84. The van der Waals surface area contributed by atoms with Crippen molar-refractivity contribution >= 4 is 5.69 Å². The van der Waals surface area contributed by atoms with Gasteiger partial charge in [0.15, 0.2) is 0 Å². The van der Waals surface area contributed by atoms with Crippen LogP contribution in [0.2, 0.25) is 0 Å². The SMILES string of the molecule is NCCCN1CCc2cc[nH]c(=O)c21. The summed E-state index contributed by atoms with van der Waals surface area (Å²) in [6, 6.07) is 1.99. The van der Waals surface area contributed by atoms with Crippen molar-refractivity contribution in [2.75, 3.05) is 24.5 Å². The number of anilines is 1. The molecule has 1 aromatic rings. The van der Waals surface area contributed by atoms with Gasteiger partial charge in [0.2, 0.25) is 0 Å². The molecule has 0 spiro atoms. The maximum atomic E-state index is 11.6. The molecule has 0 atom stereocenters. The first-order chi connectivity index (χ1) is 6.83. The molecule has 3 N–H and O–H groups in total. The van der Waals surface area contributed by atoms with Crippen molar-refractivity contribution in [2.45, 2.75) is 12.8 Å². The maximum Gasteiger partial charge on any atom is 0.271 e. The first-order valence-corrected chi connectivity index (χ1v) is 4.98. The zero-order valence-electron chi connectivity index (χ0n) is 8.12. The van der Waals surface area contributed by atoms with E-state index in [1.165, 1.54) is 0 Å². The Morgan fingerprint density at radius 1 is 1.57 bits per heavy atom. The van der Waals surface area contributed by atoms with E-state index in [4.69, 9.17) is 5.73 Å². The lowest BCUT2D eigenvalue weighted by molar-refractivity contribution is 0.756. The van der Waals surface area contributed by atoms with Gasteiger partial charge < -0.3 is 15.6 Å². The van der Waals surface area contributed by atoms with E-state index in [9.17, 15) is 4.79 Å². The van der Waals surface area contributed by atoms with Gasteiger partial charge in [-0.15, -0.1) is 0 Å². The maximum absolute atomic E-state index is 11.6. The van der Waals surface area contributed by atoms with Crippen molar-refractivity contribution < 1.29 is 0 Å². The third-order valence-corrected chi connectivity index (χ3v) is 2.62. The van der Waals surface area contributed by atoms with Crippen molar-refractivity contribution in [3.8, 4) is 0 Å². The molecule has 2 rings (SSSR count). The lowest BCUT2D eigenvalue weighted by atomic mass is 10.2. The van der Waals surface area contributed by atoms with Crippen LogP contribution in [-0.4, -0.2) is 24.6 Å². The molecule has 76 valence electrons. The molecule has 4 heteroatoms. The summed E-state index contributed by atoms with van der Waals surface area (Å²) < 4.78 is 0. The Morgan fingerprint density at radius 3 is 3.21 bits per heavy atom. The van der Waals surface area contributed by atoms with E-state index in [0.29, 0.717) is 6.54 Å². The Bertz CT molecular complexity index is 372. The zero-order valence-corrected chi connectivity index (χ0v) is 8.12. The minimum atomic E-state index is 0.0250. The molecular formula is C10H15N3O. The molecule has 1 aliphatic heterocycles. The molecule has 14 heavy (non-hydrogen) atoms. The van der Waals surface area contributed by atoms with Crippen LogP contribution in [0.4, 0.5) is 5.69 Å². The molecule has 2 heterocycles. The average Bonchev–Trinajstić information content (AvgIpc) is 2.59. The standard InChI is InChI=1S/C10H15N3O/c11-4-1-6-13-7-3-8-2-5-12-10(14)9(8)13/h2,5H,1,3-4,6-7,11H2,(H,12,14). The smallest absolute Gasteiger partial charge is 0.271 e. The Balaban J connectivity index is 2.25. The molecule has 1 aromatic heterocycles. The highest BCUT2D eigenvalue weighted by molar-refractivity contribution is 5.55. The number of hydrogen-bond donors (Lipinski definition) is 2. The molecule has 0 aromatic carbocycles. The third-order valence-electron chi connectivity index (χ3n) is 2.62. The Kier molecular flexibility index (Phi) is 2.54. The van der Waals surface area contributed by atoms with E-state index in [-0.39, 0.29) is 5.56 Å². The number of hydrogen-bond acceptors (Lipinski definition) is 3. The van der Waals surface area contributed by atoms with Gasteiger partial charge in [0.05, 0.1) is 0 Å². The molecular weight excluding hydrogens is 178 g/mol. The summed E-state index contributed by atoms with van der Waals surface area (Å²) in [6.45, 7) is 2.51. The van der Waals surface area contributed by atoms with Gasteiger partial charge in [-0.1, -0.05) is 0 Å². The first kappa shape index (κ1) is 9.27. The topological polar surface area (TPSA) is 62.1 Å². The van der Waals surface area contributed by atoms with Crippen LogP contribution in [-0.2, 0) is 6.42 Å². The van der Waals surface area contributed by atoms with Crippen LogP contribution in [0.5, 0.6) is 0 Å². The number of aromatic nitrogens is 1. The minimum Gasteiger partial charge on any atom is -0.366 e. The van der Waals surface area contributed by atoms with Crippen LogP contribution in [0.25, 0.3) is 0 Å². The lowest BCUT2D eigenvalue weighted by Gasteiger charge is -2.17. The molecule has 0 bridgehead atoms. The number of nitrogens with two attached hydrogens (primary N) is 1. The predicted octanol–water partition coefficient (Wildman–Crippen LogP) is 0.0862. The number of aromatic amines is 1. The fourth-order valence-electron chi connectivity index (χ4n) is 1.93. The first-order valence-electron chi connectivity index (χ1n) is 4.98. The summed E-state index contributed by atoms with van der Waals surface area (Å²) in [4.78, 5) is 16.4. The highest BCUT2D eigenvalue weighted by Crippen LogP contribution is 2.22. The van der Waals surface area contributed by atoms with E-state index in [1.807, 2.05) is 6.07 Å². The largest absolute Gasteiger partial charge is 0.366 e. The predicted molar refractivity (Wildman–Crippen MR) is 56.7 cm³/mol. The number of H-pyrrole nitrogens is 1. The van der Waals surface area contributed by atoms with Crippen molar-refractivity contribution in [1.29, 1.82) is 0 Å². The van der Waals surface area contributed by atoms with Gasteiger partial charge >= 0.3 is 0 Å². The van der Waals surface area contributed by atoms with Gasteiger partial charge in [-0.2, -0.15) is 0 Å². The number of fused-ring (bicyclic) bond motifs is 1. The van der Waals surface area contributed by atoms with Gasteiger partial charge in [0.1, 0.15) is 5.69 Å². The summed E-state index contributed by atoms with van der Waals surface area (Å²) in [6.07, 6.45) is 3.63. The Morgan fingerprint density at radius 2 is 2.43 bits per heavy atom. The van der Waals surface area contributed by atoms with Gasteiger partial charge in [-0.25, -0.2) is 0 Å². The van der Waals surface area contributed by atoms with Gasteiger partial charge in [-0.05, 0) is 31.0 Å². The number of nitrogens with zero attached hydrogens (tertiary/aromatic N) is 1. The molecule has 0 aliphatic carbocycles. The van der Waals surface area contributed by atoms with E-state index in [1.54, 1.807) is 6.20 Å². The van der Waals surface area contributed by atoms with Crippen LogP contribution in [0.3, 0.4) is 0 Å².